The SMILES string of the molecule is CC/C=C(\C)C(=O)Nc1nc(=O)n(C2C=CC(CO)O2)cc1F. The number of amides is 1. The van der Waals surface area contributed by atoms with E-state index in [4.69, 9.17) is 9.84 Å². The van der Waals surface area contributed by atoms with Gasteiger partial charge in [-0.15, -0.1) is 0 Å². The van der Waals surface area contributed by atoms with E-state index < -0.39 is 35.6 Å². The Morgan fingerprint density at radius 3 is 2.91 bits per heavy atom. The highest BCUT2D eigenvalue weighted by atomic mass is 19.1. The van der Waals surface area contributed by atoms with Crippen molar-refractivity contribution in [1.82, 2.24) is 9.55 Å². The molecular weight excluding hydrogens is 305 g/mol. The topological polar surface area (TPSA) is 93.5 Å². The van der Waals surface area contributed by atoms with Crippen molar-refractivity contribution in [2.24, 2.45) is 0 Å². The lowest BCUT2D eigenvalue weighted by Crippen LogP contribution is -2.30. The Balaban J connectivity index is 2.21. The standard InChI is InChI=1S/C15H18FN3O4/c1-3-4-9(2)14(21)17-13-11(16)7-19(15(22)18-13)12-6-5-10(8-20)23-12/h4-7,10,12,20H,3,8H2,1-2H3,(H,17,18,21,22)/b9-4+. The van der Waals surface area contributed by atoms with Crippen LogP contribution in [0.2, 0.25) is 0 Å². The van der Waals surface area contributed by atoms with Crippen LogP contribution in [0.25, 0.3) is 0 Å². The summed E-state index contributed by atoms with van der Waals surface area (Å²) in [6.45, 7) is 3.21. The zero-order valence-corrected chi connectivity index (χ0v) is 12.8. The molecule has 1 aliphatic heterocycles. The van der Waals surface area contributed by atoms with Gasteiger partial charge in [0.15, 0.2) is 17.9 Å². The third-order valence-corrected chi connectivity index (χ3v) is 3.27. The first kappa shape index (κ1) is 17.0. The van der Waals surface area contributed by atoms with E-state index in [9.17, 15) is 14.0 Å². The molecule has 1 aromatic heterocycles. The van der Waals surface area contributed by atoms with E-state index in [1.165, 1.54) is 6.08 Å². The fourth-order valence-electron chi connectivity index (χ4n) is 2.07. The Morgan fingerprint density at radius 1 is 1.57 bits per heavy atom. The number of rotatable bonds is 5. The van der Waals surface area contributed by atoms with Crippen LogP contribution in [0.3, 0.4) is 0 Å². The number of hydrogen-bond donors (Lipinski definition) is 2. The minimum absolute atomic E-state index is 0.241. The molecule has 0 aliphatic carbocycles. The van der Waals surface area contributed by atoms with Crippen LogP contribution in [0.5, 0.6) is 0 Å². The normalized spacial score (nSPS) is 20.8. The molecule has 0 aromatic carbocycles. The summed E-state index contributed by atoms with van der Waals surface area (Å²) in [4.78, 5) is 27.4. The van der Waals surface area contributed by atoms with Crippen molar-refractivity contribution in [2.75, 3.05) is 11.9 Å². The minimum Gasteiger partial charge on any atom is -0.393 e. The number of allylic oxidation sites excluding steroid dienone is 1. The van der Waals surface area contributed by atoms with Crippen LogP contribution in [0.1, 0.15) is 26.5 Å². The van der Waals surface area contributed by atoms with Crippen LogP contribution >= 0.6 is 0 Å². The predicted octanol–water partition coefficient (Wildman–Crippen LogP) is 1.12. The molecule has 2 unspecified atom stereocenters. The quantitative estimate of drug-likeness (QED) is 0.626. The summed E-state index contributed by atoms with van der Waals surface area (Å²) in [7, 11) is 0. The fraction of sp³-hybridized carbons (Fsp3) is 0.400. The maximum atomic E-state index is 14.1. The van der Waals surface area contributed by atoms with Gasteiger partial charge in [-0.05, 0) is 19.4 Å². The second kappa shape index (κ2) is 7.30. The lowest BCUT2D eigenvalue weighted by atomic mass is 10.2. The average molecular weight is 323 g/mol. The second-order valence-corrected chi connectivity index (χ2v) is 5.01. The van der Waals surface area contributed by atoms with Gasteiger partial charge < -0.3 is 15.2 Å². The smallest absolute Gasteiger partial charge is 0.352 e. The third-order valence-electron chi connectivity index (χ3n) is 3.27. The van der Waals surface area contributed by atoms with Gasteiger partial charge in [0.1, 0.15) is 6.10 Å². The molecular formula is C15H18FN3O4. The molecule has 2 rings (SSSR count). The molecule has 0 saturated carbocycles. The number of carbonyl (C=O) groups is 1. The van der Waals surface area contributed by atoms with Crippen LogP contribution in [-0.4, -0.2) is 33.3 Å². The molecule has 0 spiro atoms. The fourth-order valence-corrected chi connectivity index (χ4v) is 2.07. The van der Waals surface area contributed by atoms with Crippen LogP contribution in [0.15, 0.2) is 34.8 Å². The molecule has 2 atom stereocenters. The van der Waals surface area contributed by atoms with Gasteiger partial charge in [-0.2, -0.15) is 4.98 Å². The summed E-state index contributed by atoms with van der Waals surface area (Å²) in [5, 5.41) is 11.3. The molecule has 23 heavy (non-hydrogen) atoms. The molecule has 1 aromatic rings. The number of aliphatic hydroxyl groups is 1. The van der Waals surface area contributed by atoms with Gasteiger partial charge in [-0.3, -0.25) is 9.36 Å². The molecule has 0 bridgehead atoms. The maximum absolute atomic E-state index is 14.1. The molecule has 7 nitrogen and oxygen atoms in total. The van der Waals surface area contributed by atoms with E-state index in [1.807, 2.05) is 6.92 Å². The van der Waals surface area contributed by atoms with E-state index in [0.717, 1.165) is 10.8 Å². The zero-order chi connectivity index (χ0) is 17.0. The lowest BCUT2D eigenvalue weighted by Gasteiger charge is -2.15. The molecule has 2 N–H and O–H groups in total. The van der Waals surface area contributed by atoms with Crippen molar-refractivity contribution in [3.8, 4) is 0 Å². The number of anilines is 1. The highest BCUT2D eigenvalue weighted by Crippen LogP contribution is 2.20. The van der Waals surface area contributed by atoms with Crippen molar-refractivity contribution in [3.05, 3.63) is 46.3 Å². The number of nitrogens with one attached hydrogen (secondary N) is 1. The first-order valence-electron chi connectivity index (χ1n) is 7.17. The van der Waals surface area contributed by atoms with Crippen molar-refractivity contribution in [2.45, 2.75) is 32.6 Å². The number of ether oxygens (including phenoxy) is 1. The first-order valence-corrected chi connectivity index (χ1v) is 7.17. The second-order valence-electron chi connectivity index (χ2n) is 5.01. The summed E-state index contributed by atoms with van der Waals surface area (Å²) in [5.74, 6) is -1.81. The molecule has 0 radical (unpaired) electrons. The van der Waals surface area contributed by atoms with Crippen molar-refractivity contribution in [3.63, 3.8) is 0 Å². The number of aliphatic hydroxyl groups excluding tert-OH is 1. The van der Waals surface area contributed by atoms with Crippen molar-refractivity contribution < 1.29 is 19.0 Å². The van der Waals surface area contributed by atoms with Gasteiger partial charge in [0.25, 0.3) is 5.91 Å². The van der Waals surface area contributed by atoms with E-state index in [0.29, 0.717) is 12.0 Å². The minimum atomic E-state index is -0.855. The number of halogens is 1. The summed E-state index contributed by atoms with van der Waals surface area (Å²) in [6, 6.07) is 0. The van der Waals surface area contributed by atoms with Crippen LogP contribution < -0.4 is 11.0 Å². The molecule has 124 valence electrons. The summed E-state index contributed by atoms with van der Waals surface area (Å²) >= 11 is 0. The molecule has 2 heterocycles. The molecule has 1 amide bonds. The highest BCUT2D eigenvalue weighted by Gasteiger charge is 2.23. The molecule has 1 aliphatic rings. The van der Waals surface area contributed by atoms with Crippen molar-refractivity contribution >= 4 is 11.7 Å². The third kappa shape index (κ3) is 3.91. The summed E-state index contributed by atoms with van der Waals surface area (Å²) < 4.78 is 20.4. The number of nitrogens with zero attached hydrogens (tertiary/aromatic N) is 2. The Labute approximate surface area is 132 Å². The highest BCUT2D eigenvalue weighted by molar-refractivity contribution is 6.02. The summed E-state index contributed by atoms with van der Waals surface area (Å²) in [6.07, 6.45) is 4.97. The first-order chi connectivity index (χ1) is 11.0. The average Bonchev–Trinajstić information content (AvgIpc) is 2.99. The Hall–Kier alpha value is -2.32. The lowest BCUT2D eigenvalue weighted by molar-refractivity contribution is -0.112. The molecule has 0 fully saturated rings. The van der Waals surface area contributed by atoms with Crippen LogP contribution in [0, 0.1) is 5.82 Å². The number of aromatic nitrogens is 2. The predicted molar refractivity (Wildman–Crippen MR) is 81.3 cm³/mol. The Bertz CT molecular complexity index is 711. The molecule has 8 heteroatoms. The maximum Gasteiger partial charge on any atom is 0.352 e. The summed E-state index contributed by atoms with van der Waals surface area (Å²) in [5.41, 5.74) is -0.363. The van der Waals surface area contributed by atoms with Gasteiger partial charge in [0, 0.05) is 5.57 Å². The largest absolute Gasteiger partial charge is 0.393 e. The van der Waals surface area contributed by atoms with Gasteiger partial charge in [-0.25, -0.2) is 9.18 Å². The van der Waals surface area contributed by atoms with E-state index in [-0.39, 0.29) is 6.61 Å². The number of hydrogen-bond acceptors (Lipinski definition) is 5. The van der Waals surface area contributed by atoms with Crippen molar-refractivity contribution in [1.29, 1.82) is 0 Å². The Kier molecular flexibility index (Phi) is 5.41. The van der Waals surface area contributed by atoms with Crippen LogP contribution in [-0.2, 0) is 9.53 Å². The monoisotopic (exact) mass is 323 g/mol. The van der Waals surface area contributed by atoms with E-state index in [1.54, 1.807) is 19.1 Å². The van der Waals surface area contributed by atoms with E-state index in [2.05, 4.69) is 10.3 Å². The Morgan fingerprint density at radius 2 is 2.30 bits per heavy atom. The van der Waals surface area contributed by atoms with Gasteiger partial charge in [0.05, 0.1) is 12.8 Å². The van der Waals surface area contributed by atoms with Gasteiger partial charge >= 0.3 is 5.69 Å². The van der Waals surface area contributed by atoms with Gasteiger partial charge in [0.2, 0.25) is 0 Å². The zero-order valence-electron chi connectivity index (χ0n) is 12.8. The molecule has 0 saturated heterocycles. The van der Waals surface area contributed by atoms with E-state index >= 15 is 0 Å². The number of carbonyl (C=O) groups excluding carboxylic acids is 1. The van der Waals surface area contributed by atoms with Gasteiger partial charge in [-0.1, -0.05) is 19.1 Å². The van der Waals surface area contributed by atoms with Crippen LogP contribution in [0.4, 0.5) is 10.2 Å².